The molecule has 4 nitrogen and oxygen atoms in total. The van der Waals surface area contributed by atoms with Crippen LogP contribution in [0.25, 0.3) is 56.4 Å². The van der Waals surface area contributed by atoms with E-state index in [0.29, 0.717) is 28.8 Å². The van der Waals surface area contributed by atoms with Crippen molar-refractivity contribution in [3.8, 4) is 51.4 Å². The molecule has 0 radical (unpaired) electrons. The Hall–Kier alpha value is -5.57. The first-order chi connectivity index (χ1) is 24.9. The van der Waals surface area contributed by atoms with Gasteiger partial charge in [0.05, 0.1) is 11.6 Å². The zero-order chi connectivity index (χ0) is 35.4. The average Bonchev–Trinajstić information content (AvgIpc) is 3.44. The molecule has 0 saturated carbocycles. The van der Waals surface area contributed by atoms with Gasteiger partial charge in [0.25, 0.3) is 0 Å². The van der Waals surface area contributed by atoms with Crippen LogP contribution in [0.3, 0.4) is 0 Å². The molecule has 250 valence electrons. The van der Waals surface area contributed by atoms with Crippen molar-refractivity contribution in [3.63, 3.8) is 0 Å². The smallest absolute Gasteiger partial charge is 0.164 e. The van der Waals surface area contributed by atoms with Crippen LogP contribution in [-0.4, -0.2) is 20.7 Å². The monoisotopic (exact) mass is 680 g/mol. The van der Waals surface area contributed by atoms with E-state index in [4.69, 9.17) is 15.0 Å². The minimum Gasteiger partial charge on any atom is -0.208 e. The first-order valence-electron chi connectivity index (χ1n) is 17.6. The number of hydrogen-bond donors (Lipinski definition) is 1. The third-order valence-corrected chi connectivity index (χ3v) is 10.1. The average molecular weight is 681 g/mol. The molecule has 1 aliphatic rings. The molecule has 0 saturated heterocycles. The van der Waals surface area contributed by atoms with Crippen molar-refractivity contribution in [3.05, 3.63) is 161 Å². The largest absolute Gasteiger partial charge is 0.208 e. The normalized spacial score (nSPS) is 15.3. The van der Waals surface area contributed by atoms with E-state index in [0.717, 1.165) is 52.7 Å². The van der Waals surface area contributed by atoms with E-state index in [1.807, 2.05) is 66.7 Å². The number of hydrogen-bond acceptors (Lipinski definition) is 5. The van der Waals surface area contributed by atoms with Crippen molar-refractivity contribution in [2.24, 2.45) is 0 Å². The van der Waals surface area contributed by atoms with E-state index in [1.165, 1.54) is 27.8 Å². The summed E-state index contributed by atoms with van der Waals surface area (Å²) in [6.45, 7) is 6.80. The van der Waals surface area contributed by atoms with Gasteiger partial charge in [0.2, 0.25) is 0 Å². The number of nitriles is 1. The van der Waals surface area contributed by atoms with E-state index < -0.39 is 0 Å². The summed E-state index contributed by atoms with van der Waals surface area (Å²) in [4.78, 5) is 14.8. The predicted octanol–water partition coefficient (Wildman–Crippen LogP) is 11.6. The predicted molar refractivity (Wildman–Crippen MR) is 214 cm³/mol. The lowest BCUT2D eigenvalue weighted by Gasteiger charge is -2.27. The summed E-state index contributed by atoms with van der Waals surface area (Å²) in [6.07, 6.45) is 7.76. The summed E-state index contributed by atoms with van der Waals surface area (Å²) in [5.74, 6) is 2.47. The standard InChI is InChI=1S/C46H40N4S/c1-4-5-25-46(3)40-23-22-32(30-47)28-39(40)42-38(20-13-21-41(42)46)31(2)27-36(24-26-51)35-18-12-19-37(29-35)45-49-43(33-14-8-6-9-15-33)48-44(50-45)34-16-10-7-11-17-34/h6-24,27-29,51H,4-5,25-26H2,1-3H3/b31-27+,36-24+. The van der Waals surface area contributed by atoms with Gasteiger partial charge in [-0.1, -0.05) is 142 Å². The molecule has 1 heterocycles. The number of unbranched alkanes of at least 4 members (excludes halogenated alkanes) is 1. The van der Waals surface area contributed by atoms with Gasteiger partial charge < -0.3 is 0 Å². The van der Waals surface area contributed by atoms with Crippen molar-refractivity contribution in [1.82, 2.24) is 15.0 Å². The van der Waals surface area contributed by atoms with Crippen LogP contribution in [0.1, 0.15) is 67.9 Å². The zero-order valence-electron chi connectivity index (χ0n) is 29.3. The molecular formula is C46H40N4S. The molecule has 0 bridgehead atoms. The summed E-state index contributed by atoms with van der Waals surface area (Å²) < 4.78 is 0. The molecular weight excluding hydrogens is 641 g/mol. The van der Waals surface area contributed by atoms with Gasteiger partial charge in [-0.25, -0.2) is 15.0 Å². The van der Waals surface area contributed by atoms with Crippen molar-refractivity contribution >= 4 is 23.8 Å². The van der Waals surface area contributed by atoms with Crippen LogP contribution in [-0.2, 0) is 5.41 Å². The highest BCUT2D eigenvalue weighted by Crippen LogP contribution is 2.53. The van der Waals surface area contributed by atoms with Gasteiger partial charge >= 0.3 is 0 Å². The minimum absolute atomic E-state index is 0.106. The van der Waals surface area contributed by atoms with E-state index in [-0.39, 0.29) is 5.41 Å². The molecule has 7 rings (SSSR count). The molecule has 0 fully saturated rings. The van der Waals surface area contributed by atoms with Gasteiger partial charge in [0.1, 0.15) is 0 Å². The molecule has 0 amide bonds. The molecule has 1 aliphatic carbocycles. The molecule has 5 aromatic carbocycles. The third-order valence-electron chi connectivity index (χ3n) is 9.96. The molecule has 0 N–H and O–H groups in total. The fourth-order valence-electron chi connectivity index (χ4n) is 7.32. The Morgan fingerprint density at radius 1 is 0.745 bits per heavy atom. The Morgan fingerprint density at radius 2 is 1.37 bits per heavy atom. The van der Waals surface area contributed by atoms with Crippen LogP contribution in [0.4, 0.5) is 0 Å². The van der Waals surface area contributed by atoms with Crippen molar-refractivity contribution in [2.45, 2.75) is 45.4 Å². The molecule has 5 heteroatoms. The number of nitrogens with zero attached hydrogens (tertiary/aromatic N) is 4. The minimum atomic E-state index is -0.106. The maximum absolute atomic E-state index is 9.83. The second kappa shape index (κ2) is 14.7. The highest BCUT2D eigenvalue weighted by Gasteiger charge is 2.40. The molecule has 0 spiro atoms. The lowest BCUT2D eigenvalue weighted by atomic mass is 9.76. The second-order valence-corrected chi connectivity index (χ2v) is 13.7. The van der Waals surface area contributed by atoms with Crippen LogP contribution < -0.4 is 0 Å². The first-order valence-corrected chi connectivity index (χ1v) is 18.2. The Labute approximate surface area is 306 Å². The highest BCUT2D eigenvalue weighted by molar-refractivity contribution is 7.80. The summed E-state index contributed by atoms with van der Waals surface area (Å²) in [5.41, 5.74) is 12.9. The molecule has 1 aromatic heterocycles. The van der Waals surface area contributed by atoms with Crippen LogP contribution in [0.2, 0.25) is 0 Å². The van der Waals surface area contributed by atoms with E-state index in [2.05, 4.69) is 106 Å². The van der Waals surface area contributed by atoms with Crippen LogP contribution in [0.15, 0.2) is 133 Å². The van der Waals surface area contributed by atoms with E-state index in [1.54, 1.807) is 0 Å². The van der Waals surface area contributed by atoms with Crippen molar-refractivity contribution < 1.29 is 0 Å². The number of rotatable bonds is 10. The molecule has 0 aliphatic heterocycles. The van der Waals surface area contributed by atoms with Gasteiger partial charge in [-0.2, -0.15) is 17.9 Å². The third kappa shape index (κ3) is 6.68. The Balaban J connectivity index is 1.32. The van der Waals surface area contributed by atoms with Crippen LogP contribution >= 0.6 is 12.6 Å². The fourth-order valence-corrected chi connectivity index (χ4v) is 7.52. The number of fused-ring (bicyclic) bond motifs is 3. The Kier molecular flexibility index (Phi) is 9.79. The highest BCUT2D eigenvalue weighted by atomic mass is 32.1. The zero-order valence-corrected chi connectivity index (χ0v) is 30.2. The van der Waals surface area contributed by atoms with Crippen molar-refractivity contribution in [2.75, 3.05) is 5.75 Å². The second-order valence-electron chi connectivity index (χ2n) is 13.3. The molecule has 6 aromatic rings. The van der Waals surface area contributed by atoms with Gasteiger partial charge in [-0.05, 0) is 76.1 Å². The Morgan fingerprint density at radius 3 is 2.00 bits per heavy atom. The van der Waals surface area contributed by atoms with Crippen molar-refractivity contribution in [1.29, 1.82) is 5.26 Å². The van der Waals surface area contributed by atoms with E-state index >= 15 is 0 Å². The summed E-state index contributed by atoms with van der Waals surface area (Å²) in [5, 5.41) is 9.83. The number of benzene rings is 5. The molecule has 1 unspecified atom stereocenters. The number of aromatic nitrogens is 3. The van der Waals surface area contributed by atoms with Gasteiger partial charge in [0.15, 0.2) is 17.5 Å². The van der Waals surface area contributed by atoms with E-state index in [9.17, 15) is 5.26 Å². The number of allylic oxidation sites excluding steroid dienone is 3. The Bertz CT molecular complexity index is 2260. The SMILES string of the molecule is CCCCC1(C)c2ccc(C#N)cc2-c2c(/C(C)=C/C(=C\CS)c3cccc(-c4nc(-c5ccccc5)nc(-c5ccccc5)n4)c3)cccc21. The maximum Gasteiger partial charge on any atom is 0.164 e. The molecule has 51 heavy (non-hydrogen) atoms. The fraction of sp³-hybridized carbons (Fsp3) is 0.174. The topological polar surface area (TPSA) is 62.5 Å². The summed E-state index contributed by atoms with van der Waals surface area (Å²) in [6, 6.07) is 43.8. The summed E-state index contributed by atoms with van der Waals surface area (Å²) >= 11 is 4.63. The maximum atomic E-state index is 9.83. The van der Waals surface area contributed by atoms with Crippen LogP contribution in [0, 0.1) is 11.3 Å². The first kappa shape index (κ1) is 33.9. The summed E-state index contributed by atoms with van der Waals surface area (Å²) in [7, 11) is 0. The van der Waals surface area contributed by atoms with Gasteiger partial charge in [0, 0.05) is 27.9 Å². The lowest BCUT2D eigenvalue weighted by molar-refractivity contribution is 0.504. The quantitative estimate of drug-likeness (QED) is 0.116. The van der Waals surface area contributed by atoms with Crippen LogP contribution in [0.5, 0.6) is 0 Å². The van der Waals surface area contributed by atoms with Gasteiger partial charge in [-0.15, -0.1) is 0 Å². The lowest BCUT2D eigenvalue weighted by Crippen LogP contribution is -2.20. The molecule has 1 atom stereocenters. The number of thiol groups is 1. The van der Waals surface area contributed by atoms with Gasteiger partial charge in [-0.3, -0.25) is 0 Å².